The molecule has 0 aromatic carbocycles. The van der Waals surface area contributed by atoms with Crippen LogP contribution in [0.3, 0.4) is 0 Å². The molecule has 0 amide bonds. The molecule has 0 radical (unpaired) electrons. The average Bonchev–Trinajstić information content (AvgIpc) is 2.70. The second kappa shape index (κ2) is 5.32. The lowest BCUT2D eigenvalue weighted by Crippen LogP contribution is -2.37. The summed E-state index contributed by atoms with van der Waals surface area (Å²) in [6.45, 7) is 7.76. The molecule has 1 aromatic rings. The van der Waals surface area contributed by atoms with Crippen molar-refractivity contribution in [1.29, 1.82) is 0 Å². The fraction of sp³-hybridized carbons (Fsp3) is 0.727. The van der Waals surface area contributed by atoms with Crippen LogP contribution < -0.4 is 10.1 Å². The highest BCUT2D eigenvalue weighted by atomic mass is 16.5. The van der Waals surface area contributed by atoms with Crippen molar-refractivity contribution in [2.75, 3.05) is 20.2 Å². The van der Waals surface area contributed by atoms with Crippen LogP contribution in [-0.2, 0) is 12.1 Å². The summed E-state index contributed by atoms with van der Waals surface area (Å²) in [5.41, 5.74) is -0.258. The summed E-state index contributed by atoms with van der Waals surface area (Å²) in [4.78, 5) is 0. The zero-order chi connectivity index (χ0) is 12.2. The SMILES string of the molecule is CCNCC(C)(O)c1c(OC)cnn1CC. The van der Waals surface area contributed by atoms with Gasteiger partial charge in [-0.05, 0) is 20.4 Å². The van der Waals surface area contributed by atoms with E-state index in [0.29, 0.717) is 18.8 Å². The van der Waals surface area contributed by atoms with Gasteiger partial charge in [0.05, 0.1) is 13.3 Å². The lowest BCUT2D eigenvalue weighted by molar-refractivity contribution is 0.0456. The van der Waals surface area contributed by atoms with Crippen LogP contribution in [0.5, 0.6) is 5.75 Å². The third-order valence-corrected chi connectivity index (χ3v) is 2.55. The van der Waals surface area contributed by atoms with E-state index >= 15 is 0 Å². The summed E-state index contributed by atoms with van der Waals surface area (Å²) in [5, 5.41) is 17.7. The molecule has 1 rings (SSSR count). The predicted octanol–water partition coefficient (Wildman–Crippen LogP) is 0.729. The van der Waals surface area contributed by atoms with Gasteiger partial charge in [-0.1, -0.05) is 6.92 Å². The third kappa shape index (κ3) is 2.54. The molecule has 1 aromatic heterocycles. The third-order valence-electron chi connectivity index (χ3n) is 2.55. The Morgan fingerprint density at radius 3 is 2.75 bits per heavy atom. The first-order chi connectivity index (χ1) is 7.56. The topological polar surface area (TPSA) is 59.3 Å². The van der Waals surface area contributed by atoms with Gasteiger partial charge in [0.1, 0.15) is 11.3 Å². The predicted molar refractivity (Wildman–Crippen MR) is 62.6 cm³/mol. The number of nitrogens with one attached hydrogen (secondary N) is 1. The minimum atomic E-state index is -0.978. The number of nitrogens with zero attached hydrogens (tertiary/aromatic N) is 2. The van der Waals surface area contributed by atoms with Crippen molar-refractivity contribution in [3.05, 3.63) is 11.9 Å². The Hall–Kier alpha value is -1.07. The summed E-state index contributed by atoms with van der Waals surface area (Å²) < 4.78 is 6.98. The molecule has 16 heavy (non-hydrogen) atoms. The molecule has 2 N–H and O–H groups in total. The second-order valence-electron chi connectivity index (χ2n) is 3.93. The standard InChI is InChI=1S/C11H21N3O2/c1-5-12-8-11(3,15)10-9(16-4)7-13-14(10)6-2/h7,12,15H,5-6,8H2,1-4H3. The summed E-state index contributed by atoms with van der Waals surface area (Å²) in [7, 11) is 1.59. The van der Waals surface area contributed by atoms with E-state index in [1.54, 1.807) is 24.9 Å². The van der Waals surface area contributed by atoms with Crippen molar-refractivity contribution in [3.63, 3.8) is 0 Å². The van der Waals surface area contributed by atoms with Gasteiger partial charge in [-0.3, -0.25) is 4.68 Å². The van der Waals surface area contributed by atoms with Gasteiger partial charge >= 0.3 is 0 Å². The van der Waals surface area contributed by atoms with Crippen LogP contribution in [0.15, 0.2) is 6.20 Å². The molecule has 0 aliphatic heterocycles. The molecule has 0 saturated heterocycles. The van der Waals surface area contributed by atoms with Gasteiger partial charge < -0.3 is 15.2 Å². The van der Waals surface area contributed by atoms with Crippen LogP contribution in [0.25, 0.3) is 0 Å². The number of rotatable bonds is 6. The Morgan fingerprint density at radius 1 is 1.56 bits per heavy atom. The van der Waals surface area contributed by atoms with Crippen molar-refractivity contribution in [1.82, 2.24) is 15.1 Å². The molecule has 92 valence electrons. The van der Waals surface area contributed by atoms with Crippen LogP contribution >= 0.6 is 0 Å². The zero-order valence-corrected chi connectivity index (χ0v) is 10.4. The molecule has 1 unspecified atom stereocenters. The van der Waals surface area contributed by atoms with Crippen LogP contribution in [0.1, 0.15) is 26.5 Å². The van der Waals surface area contributed by atoms with E-state index in [2.05, 4.69) is 10.4 Å². The fourth-order valence-corrected chi connectivity index (χ4v) is 1.75. The van der Waals surface area contributed by atoms with E-state index in [-0.39, 0.29) is 0 Å². The van der Waals surface area contributed by atoms with Crippen molar-refractivity contribution in [2.45, 2.75) is 32.9 Å². The smallest absolute Gasteiger partial charge is 0.162 e. The van der Waals surface area contributed by atoms with Gasteiger partial charge in [-0.15, -0.1) is 0 Å². The summed E-state index contributed by atoms with van der Waals surface area (Å²) in [6.07, 6.45) is 1.64. The monoisotopic (exact) mass is 227 g/mol. The second-order valence-corrected chi connectivity index (χ2v) is 3.93. The van der Waals surface area contributed by atoms with E-state index in [0.717, 1.165) is 12.2 Å². The maximum Gasteiger partial charge on any atom is 0.162 e. The van der Waals surface area contributed by atoms with Gasteiger partial charge in [0.15, 0.2) is 5.75 Å². The molecule has 0 aliphatic carbocycles. The molecule has 0 fully saturated rings. The van der Waals surface area contributed by atoms with Gasteiger partial charge in [0, 0.05) is 13.1 Å². The van der Waals surface area contributed by atoms with Crippen LogP contribution in [0.4, 0.5) is 0 Å². The first-order valence-corrected chi connectivity index (χ1v) is 5.60. The highest BCUT2D eigenvalue weighted by Crippen LogP contribution is 2.29. The van der Waals surface area contributed by atoms with Gasteiger partial charge in [0.25, 0.3) is 0 Å². The van der Waals surface area contributed by atoms with Gasteiger partial charge in [0.2, 0.25) is 0 Å². The molecule has 0 saturated carbocycles. The minimum absolute atomic E-state index is 0.478. The first kappa shape index (κ1) is 13.0. The number of methoxy groups -OCH3 is 1. The van der Waals surface area contributed by atoms with Crippen LogP contribution in [-0.4, -0.2) is 35.1 Å². The summed E-state index contributed by atoms with van der Waals surface area (Å²) in [5.74, 6) is 0.629. The number of hydrogen-bond donors (Lipinski definition) is 2. The molecule has 0 aliphatic rings. The molecular weight excluding hydrogens is 206 g/mol. The molecular formula is C11H21N3O2. The number of aromatic nitrogens is 2. The Bertz CT molecular complexity index is 312. The maximum atomic E-state index is 10.4. The Morgan fingerprint density at radius 2 is 2.25 bits per heavy atom. The normalized spacial score (nSPS) is 14.8. The van der Waals surface area contributed by atoms with Crippen LogP contribution in [0.2, 0.25) is 0 Å². The van der Waals surface area contributed by atoms with E-state index in [4.69, 9.17) is 4.74 Å². The van der Waals surface area contributed by atoms with Crippen molar-refractivity contribution in [2.24, 2.45) is 0 Å². The Kier molecular flexibility index (Phi) is 4.32. The highest BCUT2D eigenvalue weighted by molar-refractivity contribution is 5.30. The van der Waals surface area contributed by atoms with Crippen molar-refractivity contribution in [3.8, 4) is 5.75 Å². The molecule has 0 spiro atoms. The number of hydrogen-bond acceptors (Lipinski definition) is 4. The van der Waals surface area contributed by atoms with Crippen molar-refractivity contribution < 1.29 is 9.84 Å². The van der Waals surface area contributed by atoms with Gasteiger partial charge in [-0.2, -0.15) is 5.10 Å². The lowest BCUT2D eigenvalue weighted by Gasteiger charge is -2.25. The zero-order valence-electron chi connectivity index (χ0n) is 10.4. The van der Waals surface area contributed by atoms with Crippen LogP contribution in [0, 0.1) is 0 Å². The van der Waals surface area contributed by atoms with E-state index in [9.17, 15) is 5.11 Å². The van der Waals surface area contributed by atoms with Crippen molar-refractivity contribution >= 4 is 0 Å². The lowest BCUT2D eigenvalue weighted by atomic mass is 10.0. The maximum absolute atomic E-state index is 10.4. The molecule has 0 bridgehead atoms. The molecule has 5 nitrogen and oxygen atoms in total. The Labute approximate surface area is 96.4 Å². The van der Waals surface area contributed by atoms with E-state index in [1.807, 2.05) is 13.8 Å². The fourth-order valence-electron chi connectivity index (χ4n) is 1.75. The minimum Gasteiger partial charge on any atom is -0.493 e. The number of aryl methyl sites for hydroxylation is 1. The van der Waals surface area contributed by atoms with E-state index in [1.165, 1.54) is 0 Å². The molecule has 1 atom stereocenters. The average molecular weight is 227 g/mol. The highest BCUT2D eigenvalue weighted by Gasteiger charge is 2.30. The summed E-state index contributed by atoms with van der Waals surface area (Å²) >= 11 is 0. The number of aliphatic hydroxyl groups is 1. The molecule has 5 heteroatoms. The molecule has 1 heterocycles. The Balaban J connectivity index is 3.03. The quantitative estimate of drug-likeness (QED) is 0.752. The van der Waals surface area contributed by atoms with E-state index < -0.39 is 5.60 Å². The first-order valence-electron chi connectivity index (χ1n) is 5.60. The largest absolute Gasteiger partial charge is 0.493 e. The number of likely N-dealkylation sites (N-methyl/N-ethyl adjacent to an activating group) is 1. The number of ether oxygens (including phenoxy) is 1. The van der Waals surface area contributed by atoms with Gasteiger partial charge in [-0.25, -0.2) is 0 Å². The summed E-state index contributed by atoms with van der Waals surface area (Å²) in [6, 6.07) is 0.